The highest BCUT2D eigenvalue weighted by atomic mass is 15.3. The molecule has 1 atom stereocenters. The number of nitrogens with zero attached hydrogens (tertiary/aromatic N) is 2. The maximum atomic E-state index is 4.43. The van der Waals surface area contributed by atoms with Crippen molar-refractivity contribution in [1.29, 1.82) is 0 Å². The summed E-state index contributed by atoms with van der Waals surface area (Å²) in [5, 5.41) is 4.43. The predicted octanol–water partition coefficient (Wildman–Crippen LogP) is 0.823. The van der Waals surface area contributed by atoms with Crippen molar-refractivity contribution in [2.24, 2.45) is 0 Å². The third-order valence-corrected chi connectivity index (χ3v) is 2.23. The molecule has 0 unspecified atom stereocenters. The van der Waals surface area contributed by atoms with Gasteiger partial charge < -0.3 is 5.73 Å². The first-order valence-electron chi connectivity index (χ1n) is 4.44. The van der Waals surface area contributed by atoms with E-state index in [2.05, 4.69) is 38.5 Å². The second kappa shape index (κ2) is 3.27. The van der Waals surface area contributed by atoms with Gasteiger partial charge in [-0.1, -0.05) is 0 Å². The fraction of sp³-hybridized carbons (Fsp3) is 0.667. The molecule has 0 aliphatic rings. The lowest BCUT2D eigenvalue weighted by Crippen LogP contribution is -2.52. The molecule has 0 bridgehead atoms. The molecule has 0 aromatic carbocycles. The Kier molecular flexibility index (Phi) is 2.52. The Bertz CT molecular complexity index is 274. The van der Waals surface area contributed by atoms with Crippen molar-refractivity contribution in [1.82, 2.24) is 9.78 Å². The summed E-state index contributed by atoms with van der Waals surface area (Å²) in [6.45, 7) is 9.32. The number of quaternary nitrogens is 1. The van der Waals surface area contributed by atoms with Crippen LogP contribution in [-0.2, 0) is 6.54 Å². The fourth-order valence-corrected chi connectivity index (χ4v) is 1.73. The van der Waals surface area contributed by atoms with Crippen molar-refractivity contribution in [3.63, 3.8) is 0 Å². The van der Waals surface area contributed by atoms with E-state index in [-0.39, 0.29) is 0 Å². The van der Waals surface area contributed by atoms with Gasteiger partial charge in [-0.2, -0.15) is 5.10 Å². The first-order chi connectivity index (χ1) is 5.57. The SMILES string of the molecule is CCn1nc(C)c([C@H](C)[NH3+])c1C. The largest absolute Gasteiger partial charge is 0.351 e. The minimum absolute atomic E-state index is 0.338. The third kappa shape index (κ3) is 1.37. The Hall–Kier alpha value is -0.830. The van der Waals surface area contributed by atoms with E-state index < -0.39 is 0 Å². The highest BCUT2D eigenvalue weighted by molar-refractivity contribution is 5.25. The molecule has 3 N–H and O–H groups in total. The molecule has 0 radical (unpaired) electrons. The Morgan fingerprint density at radius 2 is 2.08 bits per heavy atom. The van der Waals surface area contributed by atoms with Crippen LogP contribution in [0.1, 0.15) is 36.8 Å². The molecule has 68 valence electrons. The molecule has 0 saturated carbocycles. The molecular formula is C9H18N3+. The molecule has 0 amide bonds. The van der Waals surface area contributed by atoms with E-state index >= 15 is 0 Å². The van der Waals surface area contributed by atoms with Crippen molar-refractivity contribution >= 4 is 0 Å². The highest BCUT2D eigenvalue weighted by Crippen LogP contribution is 2.17. The second-order valence-corrected chi connectivity index (χ2v) is 3.30. The number of hydrogen-bond acceptors (Lipinski definition) is 1. The summed E-state index contributed by atoms with van der Waals surface area (Å²) in [6.07, 6.45) is 0. The molecule has 1 heterocycles. The average Bonchev–Trinajstić information content (AvgIpc) is 2.25. The van der Waals surface area contributed by atoms with Crippen LogP contribution in [0.2, 0.25) is 0 Å². The Morgan fingerprint density at radius 3 is 2.33 bits per heavy atom. The van der Waals surface area contributed by atoms with E-state index in [0.717, 1.165) is 12.2 Å². The van der Waals surface area contributed by atoms with Gasteiger partial charge in [-0.3, -0.25) is 4.68 Å². The van der Waals surface area contributed by atoms with Gasteiger partial charge in [0.1, 0.15) is 6.04 Å². The zero-order valence-corrected chi connectivity index (χ0v) is 8.39. The minimum atomic E-state index is 0.338. The van der Waals surface area contributed by atoms with Crippen LogP contribution in [-0.4, -0.2) is 9.78 Å². The predicted molar refractivity (Wildman–Crippen MR) is 48.7 cm³/mol. The summed E-state index contributed by atoms with van der Waals surface area (Å²) in [6, 6.07) is 0.338. The van der Waals surface area contributed by atoms with E-state index in [1.807, 2.05) is 4.68 Å². The first kappa shape index (κ1) is 9.26. The number of aromatic nitrogens is 2. The summed E-state index contributed by atoms with van der Waals surface area (Å²) in [5.41, 5.74) is 7.71. The molecule has 0 aliphatic heterocycles. The highest BCUT2D eigenvalue weighted by Gasteiger charge is 2.15. The van der Waals surface area contributed by atoms with Crippen LogP contribution in [0.25, 0.3) is 0 Å². The number of hydrogen-bond donors (Lipinski definition) is 1. The van der Waals surface area contributed by atoms with Gasteiger partial charge in [-0.05, 0) is 27.7 Å². The van der Waals surface area contributed by atoms with Crippen molar-refractivity contribution in [3.8, 4) is 0 Å². The summed E-state index contributed by atoms with van der Waals surface area (Å²) in [4.78, 5) is 0. The summed E-state index contributed by atoms with van der Waals surface area (Å²) >= 11 is 0. The van der Waals surface area contributed by atoms with Crippen molar-refractivity contribution < 1.29 is 5.73 Å². The molecule has 1 aromatic heterocycles. The summed E-state index contributed by atoms with van der Waals surface area (Å²) < 4.78 is 2.03. The summed E-state index contributed by atoms with van der Waals surface area (Å²) in [5.74, 6) is 0. The van der Waals surface area contributed by atoms with Gasteiger partial charge in [-0.15, -0.1) is 0 Å². The van der Waals surface area contributed by atoms with Gasteiger partial charge in [0, 0.05) is 12.2 Å². The standard InChI is InChI=1S/C9H17N3/c1-5-12-8(4)9(6(2)10)7(3)11-12/h6H,5,10H2,1-4H3/p+1/t6-/m0/s1. The molecule has 3 heteroatoms. The second-order valence-electron chi connectivity index (χ2n) is 3.30. The van der Waals surface area contributed by atoms with Crippen LogP contribution in [0.4, 0.5) is 0 Å². The Morgan fingerprint density at radius 1 is 1.50 bits per heavy atom. The molecule has 3 nitrogen and oxygen atoms in total. The molecule has 1 rings (SSSR count). The van der Waals surface area contributed by atoms with Gasteiger partial charge in [0.15, 0.2) is 0 Å². The van der Waals surface area contributed by atoms with Crippen LogP contribution in [0.3, 0.4) is 0 Å². The minimum Gasteiger partial charge on any atom is -0.351 e. The van der Waals surface area contributed by atoms with Gasteiger partial charge in [-0.25, -0.2) is 0 Å². The van der Waals surface area contributed by atoms with E-state index in [9.17, 15) is 0 Å². The van der Waals surface area contributed by atoms with Gasteiger partial charge in [0.2, 0.25) is 0 Å². The van der Waals surface area contributed by atoms with E-state index in [1.165, 1.54) is 11.3 Å². The fourth-order valence-electron chi connectivity index (χ4n) is 1.73. The van der Waals surface area contributed by atoms with Crippen LogP contribution in [0, 0.1) is 13.8 Å². The van der Waals surface area contributed by atoms with Crippen molar-refractivity contribution in [3.05, 3.63) is 17.0 Å². The average molecular weight is 168 g/mol. The molecule has 1 aromatic rings. The molecule has 12 heavy (non-hydrogen) atoms. The Labute approximate surface area is 73.6 Å². The van der Waals surface area contributed by atoms with Crippen molar-refractivity contribution in [2.75, 3.05) is 0 Å². The van der Waals surface area contributed by atoms with Crippen LogP contribution in [0.5, 0.6) is 0 Å². The monoisotopic (exact) mass is 168 g/mol. The van der Waals surface area contributed by atoms with E-state index in [0.29, 0.717) is 6.04 Å². The van der Waals surface area contributed by atoms with Gasteiger partial charge in [0.25, 0.3) is 0 Å². The maximum Gasteiger partial charge on any atom is 0.111 e. The third-order valence-electron chi connectivity index (χ3n) is 2.23. The van der Waals surface area contributed by atoms with Gasteiger partial charge >= 0.3 is 0 Å². The Balaban J connectivity index is 3.19. The lowest BCUT2D eigenvalue weighted by molar-refractivity contribution is -0.420. The van der Waals surface area contributed by atoms with Crippen molar-refractivity contribution in [2.45, 2.75) is 40.3 Å². The molecular weight excluding hydrogens is 150 g/mol. The lowest BCUT2D eigenvalue weighted by Gasteiger charge is -2.02. The number of aryl methyl sites for hydroxylation is 2. The zero-order valence-electron chi connectivity index (χ0n) is 8.39. The molecule has 0 spiro atoms. The van der Waals surface area contributed by atoms with E-state index in [4.69, 9.17) is 0 Å². The van der Waals surface area contributed by atoms with Crippen LogP contribution in [0.15, 0.2) is 0 Å². The lowest BCUT2D eigenvalue weighted by atomic mass is 10.1. The van der Waals surface area contributed by atoms with Gasteiger partial charge in [0.05, 0.1) is 11.3 Å². The zero-order chi connectivity index (χ0) is 9.30. The number of rotatable bonds is 2. The summed E-state index contributed by atoms with van der Waals surface area (Å²) in [7, 11) is 0. The normalized spacial score (nSPS) is 13.4. The molecule has 0 aliphatic carbocycles. The topological polar surface area (TPSA) is 45.5 Å². The van der Waals surface area contributed by atoms with Crippen LogP contribution >= 0.6 is 0 Å². The molecule has 0 saturated heterocycles. The van der Waals surface area contributed by atoms with E-state index in [1.54, 1.807) is 0 Å². The quantitative estimate of drug-likeness (QED) is 0.698. The molecule has 0 fully saturated rings. The maximum absolute atomic E-state index is 4.43. The smallest absolute Gasteiger partial charge is 0.111 e. The van der Waals surface area contributed by atoms with Crippen LogP contribution < -0.4 is 5.73 Å². The first-order valence-corrected chi connectivity index (χ1v) is 4.44.